The van der Waals surface area contributed by atoms with Crippen molar-refractivity contribution in [1.82, 2.24) is 4.90 Å². The van der Waals surface area contributed by atoms with E-state index in [0.717, 1.165) is 24.0 Å². The van der Waals surface area contributed by atoms with Crippen molar-refractivity contribution in [1.29, 1.82) is 0 Å². The fourth-order valence-corrected chi connectivity index (χ4v) is 5.43. The van der Waals surface area contributed by atoms with Gasteiger partial charge in [-0.05, 0) is 60.7 Å². The molecule has 3 aromatic carbocycles. The zero-order valence-electron chi connectivity index (χ0n) is 23.0. The summed E-state index contributed by atoms with van der Waals surface area (Å²) in [4.78, 5) is 2.22. The Morgan fingerprint density at radius 1 is 0.949 bits per heavy atom. The summed E-state index contributed by atoms with van der Waals surface area (Å²) in [5.41, 5.74) is 3.14. The highest BCUT2D eigenvalue weighted by Crippen LogP contribution is 2.46. The average molecular weight is 538 g/mol. The Balaban J connectivity index is 1.56. The van der Waals surface area contributed by atoms with Crippen LogP contribution in [0.1, 0.15) is 54.2 Å². The minimum absolute atomic E-state index is 0.0225. The van der Waals surface area contributed by atoms with Crippen molar-refractivity contribution in [2.45, 2.75) is 57.3 Å². The van der Waals surface area contributed by atoms with Gasteiger partial charge in [-0.15, -0.1) is 0 Å². The maximum absolute atomic E-state index is 11.3. The van der Waals surface area contributed by atoms with E-state index in [1.54, 1.807) is 27.4 Å². The van der Waals surface area contributed by atoms with Gasteiger partial charge >= 0.3 is 0 Å². The number of aliphatic hydroxyl groups excluding tert-OH is 2. The number of aliphatic hydroxyl groups is 2. The molecule has 4 rings (SSSR count). The quantitative estimate of drug-likeness (QED) is 0.304. The number of phenolic OH excluding ortho intramolecular Hbond substituents is 1. The van der Waals surface area contributed by atoms with Gasteiger partial charge in [-0.2, -0.15) is 0 Å². The largest absolute Gasteiger partial charge is 0.508 e. The molecule has 1 aliphatic heterocycles. The first-order chi connectivity index (χ1) is 18.9. The van der Waals surface area contributed by atoms with Crippen LogP contribution < -0.4 is 14.2 Å². The summed E-state index contributed by atoms with van der Waals surface area (Å²) in [7, 11) is 4.80. The first-order valence-corrected chi connectivity index (χ1v) is 13.2. The molecule has 0 bridgehead atoms. The van der Waals surface area contributed by atoms with E-state index in [1.807, 2.05) is 30.3 Å². The van der Waals surface area contributed by atoms with Crippen molar-refractivity contribution in [3.8, 4) is 23.0 Å². The third-order valence-corrected chi connectivity index (χ3v) is 7.54. The maximum atomic E-state index is 11.3. The first kappa shape index (κ1) is 28.7. The van der Waals surface area contributed by atoms with Crippen LogP contribution in [0.2, 0.25) is 0 Å². The number of benzene rings is 3. The summed E-state index contributed by atoms with van der Waals surface area (Å²) in [6.45, 7) is 2.81. The maximum Gasteiger partial charge on any atom is 0.203 e. The molecular formula is C31H39NO7. The van der Waals surface area contributed by atoms with E-state index in [9.17, 15) is 15.3 Å². The fourth-order valence-electron chi connectivity index (χ4n) is 5.43. The monoisotopic (exact) mass is 537 g/mol. The van der Waals surface area contributed by atoms with Crippen LogP contribution in [-0.2, 0) is 17.9 Å². The van der Waals surface area contributed by atoms with Gasteiger partial charge in [-0.3, -0.25) is 4.90 Å². The number of methoxy groups -OCH3 is 3. The Kier molecular flexibility index (Phi) is 9.69. The highest BCUT2D eigenvalue weighted by molar-refractivity contribution is 5.56. The van der Waals surface area contributed by atoms with Gasteiger partial charge in [0.2, 0.25) is 5.75 Å². The van der Waals surface area contributed by atoms with Gasteiger partial charge in [-0.25, -0.2) is 0 Å². The van der Waals surface area contributed by atoms with Crippen LogP contribution in [0, 0.1) is 0 Å². The molecule has 1 aliphatic rings. The molecule has 4 unspecified atom stereocenters. The molecule has 0 aliphatic carbocycles. The molecule has 0 aromatic heterocycles. The first-order valence-electron chi connectivity index (χ1n) is 13.2. The molecule has 210 valence electrons. The van der Waals surface area contributed by atoms with Gasteiger partial charge in [0.1, 0.15) is 5.75 Å². The van der Waals surface area contributed by atoms with Crippen LogP contribution in [0.15, 0.2) is 60.7 Å². The molecule has 39 heavy (non-hydrogen) atoms. The minimum Gasteiger partial charge on any atom is -0.508 e. The third-order valence-electron chi connectivity index (χ3n) is 7.54. The zero-order valence-corrected chi connectivity index (χ0v) is 23.0. The minimum atomic E-state index is -0.859. The van der Waals surface area contributed by atoms with Gasteiger partial charge in [0.05, 0.1) is 46.2 Å². The van der Waals surface area contributed by atoms with Gasteiger partial charge in [0, 0.05) is 24.7 Å². The van der Waals surface area contributed by atoms with Crippen LogP contribution in [0.5, 0.6) is 23.0 Å². The molecular weight excluding hydrogens is 498 g/mol. The highest BCUT2D eigenvalue weighted by Gasteiger charge is 2.36. The smallest absolute Gasteiger partial charge is 0.203 e. The van der Waals surface area contributed by atoms with Crippen LogP contribution in [0.4, 0.5) is 0 Å². The van der Waals surface area contributed by atoms with Crippen molar-refractivity contribution >= 4 is 0 Å². The van der Waals surface area contributed by atoms with Crippen molar-refractivity contribution in [2.24, 2.45) is 0 Å². The molecule has 8 heteroatoms. The van der Waals surface area contributed by atoms with E-state index >= 15 is 0 Å². The summed E-state index contributed by atoms with van der Waals surface area (Å²) in [5, 5.41) is 30.9. The fraction of sp³-hybridized carbons (Fsp3) is 0.419. The summed E-state index contributed by atoms with van der Waals surface area (Å²) in [5.74, 6) is 1.80. The molecule has 4 atom stereocenters. The number of hydrogen-bond donors (Lipinski definition) is 3. The van der Waals surface area contributed by atoms with Crippen LogP contribution in [0.3, 0.4) is 0 Å². The Hall–Kier alpha value is -3.30. The number of rotatable bonds is 12. The number of ether oxygens (including phenoxy) is 4. The van der Waals surface area contributed by atoms with Crippen LogP contribution in [-0.4, -0.2) is 60.2 Å². The van der Waals surface area contributed by atoms with Crippen molar-refractivity contribution in [3.63, 3.8) is 0 Å². The molecule has 1 fully saturated rings. The highest BCUT2D eigenvalue weighted by atomic mass is 16.5. The van der Waals surface area contributed by atoms with Crippen molar-refractivity contribution in [3.05, 3.63) is 82.9 Å². The van der Waals surface area contributed by atoms with Gasteiger partial charge < -0.3 is 34.3 Å². The average Bonchev–Trinajstić information content (AvgIpc) is 3.46. The SMILES string of the molecule is COc1ccc(C2CCC(C(C)N(Cc3ccccc3)CC(O)c3ccc(O)cc3CO)O2)c(OC)c1OC. The second-order valence-corrected chi connectivity index (χ2v) is 9.88. The summed E-state index contributed by atoms with van der Waals surface area (Å²) >= 11 is 0. The van der Waals surface area contributed by atoms with Gasteiger partial charge in [0.25, 0.3) is 0 Å². The molecule has 8 nitrogen and oxygen atoms in total. The number of nitrogens with zero attached hydrogens (tertiary/aromatic N) is 1. The van der Waals surface area contributed by atoms with Crippen LogP contribution in [0.25, 0.3) is 0 Å². The molecule has 0 saturated carbocycles. The zero-order chi connectivity index (χ0) is 27.9. The normalized spacial score (nSPS) is 18.6. The predicted octanol–water partition coefficient (Wildman–Crippen LogP) is 4.75. The lowest BCUT2D eigenvalue weighted by atomic mass is 9.99. The van der Waals surface area contributed by atoms with Crippen molar-refractivity contribution in [2.75, 3.05) is 27.9 Å². The second kappa shape index (κ2) is 13.2. The van der Waals surface area contributed by atoms with E-state index in [1.165, 1.54) is 12.1 Å². The lowest BCUT2D eigenvalue weighted by Gasteiger charge is -2.35. The van der Waals surface area contributed by atoms with E-state index in [-0.39, 0.29) is 30.6 Å². The number of hydrogen-bond acceptors (Lipinski definition) is 8. The lowest BCUT2D eigenvalue weighted by molar-refractivity contribution is -0.0239. The molecule has 3 aromatic rings. The Morgan fingerprint density at radius 2 is 1.69 bits per heavy atom. The molecule has 3 N–H and O–H groups in total. The van der Waals surface area contributed by atoms with Gasteiger partial charge in [0.15, 0.2) is 11.5 Å². The lowest BCUT2D eigenvalue weighted by Crippen LogP contribution is -2.43. The standard InChI is InChI=1S/C31H39NO7/c1-20(27-14-15-28(39-27)25-12-13-29(36-2)31(38-4)30(25)37-3)32(17-21-8-6-5-7-9-21)18-26(35)24-11-10-23(34)16-22(24)19-33/h5-13,16,20,26-28,33-35H,14-15,17-19H2,1-4H3. The summed E-state index contributed by atoms with van der Waals surface area (Å²) in [6.07, 6.45) is 0.540. The van der Waals surface area contributed by atoms with Gasteiger partial charge in [-0.1, -0.05) is 36.4 Å². The summed E-state index contributed by atoms with van der Waals surface area (Å²) in [6, 6.07) is 18.6. The molecule has 0 radical (unpaired) electrons. The van der Waals surface area contributed by atoms with E-state index in [0.29, 0.717) is 41.5 Å². The molecule has 0 spiro atoms. The molecule has 1 heterocycles. The van der Waals surface area contributed by atoms with E-state index in [2.05, 4.69) is 24.0 Å². The summed E-state index contributed by atoms with van der Waals surface area (Å²) < 4.78 is 23.3. The topological polar surface area (TPSA) is 101 Å². The van der Waals surface area contributed by atoms with Crippen molar-refractivity contribution < 1.29 is 34.3 Å². The number of phenols is 1. The molecule has 0 amide bonds. The second-order valence-electron chi connectivity index (χ2n) is 9.88. The number of aromatic hydroxyl groups is 1. The van der Waals surface area contributed by atoms with E-state index < -0.39 is 6.10 Å². The predicted molar refractivity (Wildman–Crippen MR) is 148 cm³/mol. The Bertz CT molecular complexity index is 1220. The Morgan fingerprint density at radius 3 is 2.36 bits per heavy atom. The van der Waals surface area contributed by atoms with Crippen LogP contribution >= 0.6 is 0 Å². The molecule has 1 saturated heterocycles. The van der Waals surface area contributed by atoms with E-state index in [4.69, 9.17) is 18.9 Å². The third kappa shape index (κ3) is 6.47. The Labute approximate surface area is 230 Å².